The molecule has 0 aliphatic carbocycles. The Bertz CT molecular complexity index is 953. The molecule has 1 aromatic carbocycles. The summed E-state index contributed by atoms with van der Waals surface area (Å²) in [5, 5.41) is 4.28. The van der Waals surface area contributed by atoms with E-state index in [2.05, 4.69) is 21.0 Å². The maximum atomic E-state index is 14.2. The number of carbonyl (C=O) groups excluding carboxylic acids is 1. The van der Waals surface area contributed by atoms with Crippen molar-refractivity contribution in [1.29, 1.82) is 0 Å². The number of amides is 1. The van der Waals surface area contributed by atoms with Gasteiger partial charge in [0.2, 0.25) is 0 Å². The summed E-state index contributed by atoms with van der Waals surface area (Å²) < 4.78 is 19.2. The number of halogens is 4. The van der Waals surface area contributed by atoms with Crippen LogP contribution in [-0.2, 0) is 0 Å². The third kappa shape index (κ3) is 3.46. The number of pyridine rings is 1. The van der Waals surface area contributed by atoms with Crippen molar-refractivity contribution < 1.29 is 13.7 Å². The monoisotopic (exact) mass is 414 g/mol. The quantitative estimate of drug-likeness (QED) is 0.592. The molecule has 2 aromatic heterocycles. The SMILES string of the molecule is Cc1onc(-c2c(F)cccc2Cl)c1C(=O)NNc1c(Cl)cncc1Cl. The number of anilines is 1. The van der Waals surface area contributed by atoms with Gasteiger partial charge in [-0.25, -0.2) is 4.39 Å². The molecule has 2 N–H and O–H groups in total. The second kappa shape index (κ2) is 7.49. The number of nitrogens with zero attached hydrogens (tertiary/aromatic N) is 2. The van der Waals surface area contributed by atoms with Gasteiger partial charge in [0.1, 0.15) is 22.8 Å². The van der Waals surface area contributed by atoms with Gasteiger partial charge in [0.15, 0.2) is 0 Å². The summed E-state index contributed by atoms with van der Waals surface area (Å²) in [6, 6.07) is 4.14. The summed E-state index contributed by atoms with van der Waals surface area (Å²) in [4.78, 5) is 16.4. The van der Waals surface area contributed by atoms with E-state index in [4.69, 9.17) is 39.3 Å². The largest absolute Gasteiger partial charge is 0.360 e. The molecule has 0 saturated heterocycles. The first kappa shape index (κ1) is 18.4. The van der Waals surface area contributed by atoms with Gasteiger partial charge in [-0.2, -0.15) is 0 Å². The molecule has 0 saturated carbocycles. The van der Waals surface area contributed by atoms with Crippen LogP contribution >= 0.6 is 34.8 Å². The summed E-state index contributed by atoms with van der Waals surface area (Å²) in [6.07, 6.45) is 2.72. The van der Waals surface area contributed by atoms with E-state index in [1.165, 1.54) is 37.5 Å². The van der Waals surface area contributed by atoms with Crippen LogP contribution in [-0.4, -0.2) is 16.0 Å². The van der Waals surface area contributed by atoms with Crippen LogP contribution < -0.4 is 10.9 Å². The number of carbonyl (C=O) groups is 1. The zero-order valence-corrected chi connectivity index (χ0v) is 15.4. The first-order valence-electron chi connectivity index (χ1n) is 7.16. The highest BCUT2D eigenvalue weighted by molar-refractivity contribution is 6.38. The van der Waals surface area contributed by atoms with Crippen LogP contribution in [0.3, 0.4) is 0 Å². The van der Waals surface area contributed by atoms with E-state index < -0.39 is 11.7 Å². The first-order chi connectivity index (χ1) is 12.4. The van der Waals surface area contributed by atoms with Crippen molar-refractivity contribution in [1.82, 2.24) is 15.6 Å². The molecule has 0 unspecified atom stereocenters. The number of hydrogen-bond acceptors (Lipinski definition) is 5. The highest BCUT2D eigenvalue weighted by Gasteiger charge is 2.25. The molecule has 0 fully saturated rings. The molecule has 6 nitrogen and oxygen atoms in total. The molecule has 0 atom stereocenters. The Kier molecular flexibility index (Phi) is 5.31. The van der Waals surface area contributed by atoms with Crippen molar-refractivity contribution in [2.75, 3.05) is 5.43 Å². The molecule has 2 heterocycles. The van der Waals surface area contributed by atoms with Gasteiger partial charge in [0.05, 0.1) is 26.3 Å². The summed E-state index contributed by atoms with van der Waals surface area (Å²) >= 11 is 18.0. The molecular weight excluding hydrogens is 406 g/mol. The van der Waals surface area contributed by atoms with Crippen LogP contribution in [0.25, 0.3) is 11.3 Å². The topological polar surface area (TPSA) is 80.0 Å². The van der Waals surface area contributed by atoms with Gasteiger partial charge in [-0.1, -0.05) is 46.0 Å². The van der Waals surface area contributed by atoms with Crippen molar-refractivity contribution in [3.8, 4) is 11.3 Å². The van der Waals surface area contributed by atoms with Gasteiger partial charge in [-0.3, -0.25) is 20.6 Å². The fourth-order valence-electron chi connectivity index (χ4n) is 2.25. The molecule has 10 heteroatoms. The third-order valence-corrected chi connectivity index (χ3v) is 4.33. The van der Waals surface area contributed by atoms with Crippen LogP contribution in [0, 0.1) is 12.7 Å². The average molecular weight is 416 g/mol. The smallest absolute Gasteiger partial charge is 0.275 e. The normalized spacial score (nSPS) is 10.7. The van der Waals surface area contributed by atoms with Gasteiger partial charge in [0, 0.05) is 12.4 Å². The minimum Gasteiger partial charge on any atom is -0.360 e. The lowest BCUT2D eigenvalue weighted by molar-refractivity contribution is 0.0961. The number of hydrazine groups is 1. The molecular formula is C16H10Cl3FN4O2. The molecule has 26 heavy (non-hydrogen) atoms. The second-order valence-electron chi connectivity index (χ2n) is 5.12. The maximum Gasteiger partial charge on any atom is 0.275 e. The lowest BCUT2D eigenvalue weighted by atomic mass is 10.1. The predicted molar refractivity (Wildman–Crippen MR) is 97.0 cm³/mol. The van der Waals surface area contributed by atoms with Crippen molar-refractivity contribution in [3.63, 3.8) is 0 Å². The Balaban J connectivity index is 1.93. The molecule has 3 aromatic rings. The number of nitrogens with one attached hydrogen (secondary N) is 2. The van der Waals surface area contributed by atoms with Crippen LogP contribution in [0.1, 0.15) is 16.1 Å². The van der Waals surface area contributed by atoms with E-state index in [0.717, 1.165) is 0 Å². The van der Waals surface area contributed by atoms with Gasteiger partial charge in [0.25, 0.3) is 5.91 Å². The van der Waals surface area contributed by atoms with E-state index >= 15 is 0 Å². The lowest BCUT2D eigenvalue weighted by Gasteiger charge is -2.11. The zero-order valence-electron chi connectivity index (χ0n) is 13.1. The standard InChI is InChI=1S/C16H10Cl3FN4O2/c1-7-12(15(24-26-7)13-8(17)3-2-4-11(13)20)16(25)23-22-14-9(18)5-21-6-10(14)19/h2-6H,1H3,(H,21,22)(H,23,25). The van der Waals surface area contributed by atoms with Crippen LogP contribution in [0.15, 0.2) is 35.1 Å². The number of aromatic nitrogens is 2. The third-order valence-electron chi connectivity index (χ3n) is 3.44. The molecule has 0 radical (unpaired) electrons. The predicted octanol–water partition coefficient (Wildman–Crippen LogP) is 4.90. The van der Waals surface area contributed by atoms with E-state index in [9.17, 15) is 9.18 Å². The number of hydrogen-bond donors (Lipinski definition) is 2. The van der Waals surface area contributed by atoms with Gasteiger partial charge >= 0.3 is 0 Å². The summed E-state index contributed by atoms with van der Waals surface area (Å²) in [5.74, 6) is -1.08. The number of aryl methyl sites for hydroxylation is 1. The van der Waals surface area contributed by atoms with Crippen molar-refractivity contribution in [2.24, 2.45) is 0 Å². The minimum absolute atomic E-state index is 0.0168. The molecule has 0 bridgehead atoms. The van der Waals surface area contributed by atoms with Gasteiger partial charge < -0.3 is 4.52 Å². The Labute approximate surface area is 162 Å². The van der Waals surface area contributed by atoms with Crippen molar-refractivity contribution in [2.45, 2.75) is 6.92 Å². The summed E-state index contributed by atoms with van der Waals surface area (Å²) in [7, 11) is 0. The maximum absolute atomic E-state index is 14.2. The summed E-state index contributed by atoms with van der Waals surface area (Å²) in [5.41, 5.74) is 5.26. The van der Waals surface area contributed by atoms with E-state index in [0.29, 0.717) is 0 Å². The summed E-state index contributed by atoms with van der Waals surface area (Å²) in [6.45, 7) is 1.52. The molecule has 0 aliphatic rings. The zero-order chi connectivity index (χ0) is 18.8. The van der Waals surface area contributed by atoms with E-state index in [1.54, 1.807) is 0 Å². The number of benzene rings is 1. The average Bonchev–Trinajstić information content (AvgIpc) is 2.95. The lowest BCUT2D eigenvalue weighted by Crippen LogP contribution is -2.30. The van der Waals surface area contributed by atoms with Crippen LogP contribution in [0.4, 0.5) is 10.1 Å². The molecule has 0 spiro atoms. The Morgan fingerprint density at radius 1 is 1.15 bits per heavy atom. The van der Waals surface area contributed by atoms with E-state index in [-0.39, 0.29) is 43.3 Å². The molecule has 0 aliphatic heterocycles. The highest BCUT2D eigenvalue weighted by Crippen LogP contribution is 2.33. The van der Waals surface area contributed by atoms with E-state index in [1.807, 2.05) is 0 Å². The fourth-order valence-corrected chi connectivity index (χ4v) is 2.96. The molecule has 1 amide bonds. The Morgan fingerprint density at radius 2 is 1.85 bits per heavy atom. The van der Waals surface area contributed by atoms with Gasteiger partial charge in [-0.05, 0) is 19.1 Å². The molecule has 134 valence electrons. The highest BCUT2D eigenvalue weighted by atomic mass is 35.5. The second-order valence-corrected chi connectivity index (χ2v) is 6.34. The molecule has 3 rings (SSSR count). The van der Waals surface area contributed by atoms with Crippen LogP contribution in [0.5, 0.6) is 0 Å². The number of rotatable bonds is 4. The van der Waals surface area contributed by atoms with Crippen molar-refractivity contribution >= 4 is 46.4 Å². The Hall–Kier alpha value is -2.35. The first-order valence-corrected chi connectivity index (χ1v) is 8.29. The van der Waals surface area contributed by atoms with Crippen molar-refractivity contribution in [3.05, 3.63) is 62.8 Å². The Morgan fingerprint density at radius 3 is 2.50 bits per heavy atom. The fraction of sp³-hybridized carbons (Fsp3) is 0.0625. The minimum atomic E-state index is -0.637. The van der Waals surface area contributed by atoms with Gasteiger partial charge in [-0.15, -0.1) is 0 Å². The van der Waals surface area contributed by atoms with Crippen LogP contribution in [0.2, 0.25) is 15.1 Å².